The molecule has 3 heteroatoms. The number of nitrogens with one attached hydrogen (secondary N) is 1. The van der Waals surface area contributed by atoms with Gasteiger partial charge in [-0.05, 0) is 44.5 Å². The van der Waals surface area contributed by atoms with Crippen molar-refractivity contribution in [2.75, 3.05) is 20.8 Å². The average molecular weight is 291 g/mol. The molecule has 1 atom stereocenters. The monoisotopic (exact) mass is 291 g/mol. The van der Waals surface area contributed by atoms with Crippen LogP contribution in [0.5, 0.6) is 5.75 Å². The standard InChI is InChI=1S/C18H29NO2/c1-4-21-18(13-7-5-6-8-14-18)17(19-2)15-9-11-16(20-3)12-10-15/h9-12,17,19H,4-8,13-14H2,1-3H3. The normalized spacial score (nSPS) is 19.8. The zero-order valence-electron chi connectivity index (χ0n) is 13.7. The molecule has 0 spiro atoms. The number of benzene rings is 1. The highest BCUT2D eigenvalue weighted by atomic mass is 16.5. The van der Waals surface area contributed by atoms with Crippen LogP contribution in [0.1, 0.15) is 57.1 Å². The first-order chi connectivity index (χ1) is 10.3. The highest BCUT2D eigenvalue weighted by molar-refractivity contribution is 5.30. The molecule has 0 aromatic heterocycles. The van der Waals surface area contributed by atoms with E-state index in [2.05, 4.69) is 24.4 Å². The second-order valence-electron chi connectivity index (χ2n) is 5.91. The number of likely N-dealkylation sites (N-methyl/N-ethyl adjacent to an activating group) is 1. The Morgan fingerprint density at radius 3 is 2.19 bits per heavy atom. The summed E-state index contributed by atoms with van der Waals surface area (Å²) in [6.07, 6.45) is 7.45. The summed E-state index contributed by atoms with van der Waals surface area (Å²) in [5.41, 5.74) is 1.21. The molecular formula is C18H29NO2. The molecule has 118 valence electrons. The maximum Gasteiger partial charge on any atom is 0.118 e. The van der Waals surface area contributed by atoms with Crippen molar-refractivity contribution in [1.29, 1.82) is 0 Å². The van der Waals surface area contributed by atoms with E-state index in [0.29, 0.717) is 0 Å². The van der Waals surface area contributed by atoms with Crippen molar-refractivity contribution in [3.05, 3.63) is 29.8 Å². The van der Waals surface area contributed by atoms with Gasteiger partial charge in [0.25, 0.3) is 0 Å². The predicted molar refractivity (Wildman–Crippen MR) is 86.9 cm³/mol. The molecule has 1 aliphatic carbocycles. The molecule has 0 amide bonds. The summed E-state index contributed by atoms with van der Waals surface area (Å²) in [6, 6.07) is 8.63. The molecule has 1 aliphatic rings. The lowest BCUT2D eigenvalue weighted by Gasteiger charge is -2.40. The minimum atomic E-state index is -0.0748. The van der Waals surface area contributed by atoms with E-state index in [1.807, 2.05) is 19.2 Å². The first-order valence-electron chi connectivity index (χ1n) is 8.21. The number of hydrogen-bond acceptors (Lipinski definition) is 3. The molecule has 1 unspecified atom stereocenters. The zero-order chi connectivity index (χ0) is 15.1. The molecule has 21 heavy (non-hydrogen) atoms. The van der Waals surface area contributed by atoms with Gasteiger partial charge in [-0.2, -0.15) is 0 Å². The smallest absolute Gasteiger partial charge is 0.118 e. The van der Waals surface area contributed by atoms with Crippen LogP contribution in [0.4, 0.5) is 0 Å². The van der Waals surface area contributed by atoms with Crippen LogP contribution < -0.4 is 10.1 Å². The van der Waals surface area contributed by atoms with Crippen molar-refractivity contribution in [3.8, 4) is 5.75 Å². The Kier molecular flexibility index (Phi) is 6.07. The Bertz CT molecular complexity index is 408. The second kappa shape index (κ2) is 7.81. The Labute approximate surface area is 129 Å². The molecule has 1 saturated carbocycles. The van der Waals surface area contributed by atoms with Crippen LogP contribution in [0, 0.1) is 0 Å². The summed E-state index contributed by atoms with van der Waals surface area (Å²) >= 11 is 0. The highest BCUT2D eigenvalue weighted by Crippen LogP contribution is 2.40. The van der Waals surface area contributed by atoms with E-state index in [9.17, 15) is 0 Å². The fraction of sp³-hybridized carbons (Fsp3) is 0.667. The van der Waals surface area contributed by atoms with Gasteiger partial charge in [0.2, 0.25) is 0 Å². The maximum atomic E-state index is 6.32. The van der Waals surface area contributed by atoms with Crippen molar-refractivity contribution in [2.24, 2.45) is 0 Å². The Balaban J connectivity index is 2.28. The quantitative estimate of drug-likeness (QED) is 0.801. The van der Waals surface area contributed by atoms with Gasteiger partial charge in [-0.3, -0.25) is 0 Å². The molecule has 1 aromatic carbocycles. The first kappa shape index (κ1) is 16.3. The fourth-order valence-corrected chi connectivity index (χ4v) is 3.66. The van der Waals surface area contributed by atoms with Crippen LogP contribution in [0.3, 0.4) is 0 Å². The Morgan fingerprint density at radius 2 is 1.71 bits per heavy atom. The van der Waals surface area contributed by atoms with Crippen LogP contribution in [-0.4, -0.2) is 26.4 Å². The summed E-state index contributed by atoms with van der Waals surface area (Å²) < 4.78 is 11.6. The number of methoxy groups -OCH3 is 1. The second-order valence-corrected chi connectivity index (χ2v) is 5.91. The van der Waals surface area contributed by atoms with Crippen molar-refractivity contribution in [3.63, 3.8) is 0 Å². The molecule has 0 heterocycles. The summed E-state index contributed by atoms with van der Waals surface area (Å²) in [7, 11) is 3.75. The highest BCUT2D eigenvalue weighted by Gasteiger charge is 2.39. The van der Waals surface area contributed by atoms with Gasteiger partial charge >= 0.3 is 0 Å². The molecule has 0 saturated heterocycles. The van der Waals surface area contributed by atoms with Crippen LogP contribution in [0.15, 0.2) is 24.3 Å². The van der Waals surface area contributed by atoms with Crippen molar-refractivity contribution in [1.82, 2.24) is 5.32 Å². The Hall–Kier alpha value is -1.06. The first-order valence-corrected chi connectivity index (χ1v) is 8.21. The van der Waals surface area contributed by atoms with Crippen LogP contribution in [-0.2, 0) is 4.74 Å². The van der Waals surface area contributed by atoms with E-state index in [-0.39, 0.29) is 11.6 Å². The average Bonchev–Trinajstić information content (AvgIpc) is 2.75. The van der Waals surface area contributed by atoms with Gasteiger partial charge in [0.05, 0.1) is 18.8 Å². The molecular weight excluding hydrogens is 262 g/mol. The third-order valence-corrected chi connectivity index (χ3v) is 4.65. The number of ether oxygens (including phenoxy) is 2. The molecule has 0 radical (unpaired) electrons. The molecule has 1 aromatic rings. The van der Waals surface area contributed by atoms with Gasteiger partial charge < -0.3 is 14.8 Å². The molecule has 0 bridgehead atoms. The molecule has 1 fully saturated rings. The van der Waals surface area contributed by atoms with Gasteiger partial charge in [0.1, 0.15) is 5.75 Å². The van der Waals surface area contributed by atoms with Gasteiger partial charge in [-0.25, -0.2) is 0 Å². The minimum absolute atomic E-state index is 0.0748. The summed E-state index contributed by atoms with van der Waals surface area (Å²) in [6.45, 7) is 2.88. The third kappa shape index (κ3) is 3.78. The van der Waals surface area contributed by atoms with E-state index >= 15 is 0 Å². The lowest BCUT2D eigenvalue weighted by Crippen LogP contribution is -2.45. The minimum Gasteiger partial charge on any atom is -0.497 e. The van der Waals surface area contributed by atoms with Crippen LogP contribution in [0.25, 0.3) is 0 Å². The fourth-order valence-electron chi connectivity index (χ4n) is 3.66. The topological polar surface area (TPSA) is 30.5 Å². The van der Waals surface area contributed by atoms with Gasteiger partial charge in [0.15, 0.2) is 0 Å². The van der Waals surface area contributed by atoms with Crippen LogP contribution in [0.2, 0.25) is 0 Å². The van der Waals surface area contributed by atoms with Gasteiger partial charge in [-0.1, -0.05) is 37.8 Å². The van der Waals surface area contributed by atoms with E-state index < -0.39 is 0 Å². The van der Waals surface area contributed by atoms with Gasteiger partial charge in [0, 0.05) is 6.61 Å². The third-order valence-electron chi connectivity index (χ3n) is 4.65. The van der Waals surface area contributed by atoms with Gasteiger partial charge in [-0.15, -0.1) is 0 Å². The summed E-state index contributed by atoms with van der Waals surface area (Å²) in [4.78, 5) is 0. The largest absolute Gasteiger partial charge is 0.497 e. The SMILES string of the molecule is CCOC1(C(NC)c2ccc(OC)cc2)CCCCCC1. The summed E-state index contributed by atoms with van der Waals surface area (Å²) in [5.74, 6) is 0.903. The lowest BCUT2D eigenvalue weighted by molar-refractivity contribution is -0.0766. The Morgan fingerprint density at radius 1 is 1.10 bits per heavy atom. The van der Waals surface area contributed by atoms with Crippen molar-refractivity contribution >= 4 is 0 Å². The lowest BCUT2D eigenvalue weighted by atomic mass is 9.82. The maximum absolute atomic E-state index is 6.32. The van der Waals surface area contributed by atoms with Crippen LogP contribution >= 0.6 is 0 Å². The molecule has 2 rings (SSSR count). The number of rotatable bonds is 6. The number of hydrogen-bond donors (Lipinski definition) is 1. The van der Waals surface area contributed by atoms with E-state index in [1.54, 1.807) is 7.11 Å². The molecule has 3 nitrogen and oxygen atoms in total. The van der Waals surface area contributed by atoms with E-state index in [1.165, 1.54) is 31.2 Å². The van der Waals surface area contributed by atoms with E-state index in [0.717, 1.165) is 25.2 Å². The molecule has 1 N–H and O–H groups in total. The van der Waals surface area contributed by atoms with Crippen molar-refractivity contribution < 1.29 is 9.47 Å². The zero-order valence-corrected chi connectivity index (χ0v) is 13.7. The predicted octanol–water partition coefficient (Wildman–Crippen LogP) is 4.09. The summed E-state index contributed by atoms with van der Waals surface area (Å²) in [5, 5.41) is 3.51. The van der Waals surface area contributed by atoms with Crippen molar-refractivity contribution in [2.45, 2.75) is 57.1 Å². The molecule has 0 aliphatic heterocycles. The van der Waals surface area contributed by atoms with E-state index in [4.69, 9.17) is 9.47 Å².